The van der Waals surface area contributed by atoms with Gasteiger partial charge in [-0.15, -0.1) is 0 Å². The van der Waals surface area contributed by atoms with Crippen molar-refractivity contribution in [3.63, 3.8) is 0 Å². The van der Waals surface area contributed by atoms with Crippen molar-refractivity contribution in [1.29, 1.82) is 0 Å². The Morgan fingerprint density at radius 2 is 1.90 bits per heavy atom. The second-order valence-electron chi connectivity index (χ2n) is 9.41. The van der Waals surface area contributed by atoms with Gasteiger partial charge in [-0.25, -0.2) is 4.98 Å². The highest BCUT2D eigenvalue weighted by molar-refractivity contribution is 9.10. The lowest BCUT2D eigenvalue weighted by Crippen LogP contribution is -2.25. The number of methoxy groups -OCH3 is 1. The Labute approximate surface area is 234 Å². The van der Waals surface area contributed by atoms with E-state index < -0.39 is 0 Å². The zero-order valence-electron chi connectivity index (χ0n) is 21.6. The molecule has 9 heteroatoms. The fourth-order valence-electron chi connectivity index (χ4n) is 4.83. The number of halogens is 1. The molecule has 1 heterocycles. The molecule has 1 N–H and O–H groups in total. The molecule has 3 aromatic carbocycles. The summed E-state index contributed by atoms with van der Waals surface area (Å²) in [6, 6.07) is 20.0. The quantitative estimate of drug-likeness (QED) is 0.250. The highest BCUT2D eigenvalue weighted by Gasteiger charge is 2.23. The Morgan fingerprint density at radius 1 is 1.10 bits per heavy atom. The number of hydrogen-bond acceptors (Lipinski definition) is 6. The Balaban J connectivity index is 1.48. The molecular formula is C30H29BrN4O4. The average Bonchev–Trinajstić information content (AvgIpc) is 2.97. The van der Waals surface area contributed by atoms with Gasteiger partial charge in [-0.1, -0.05) is 59.5 Å². The maximum absolute atomic E-state index is 13.6. The van der Waals surface area contributed by atoms with Crippen LogP contribution in [0.15, 0.2) is 81.1 Å². The third-order valence-corrected chi connectivity index (χ3v) is 7.24. The molecule has 0 unspecified atom stereocenters. The molecule has 0 saturated heterocycles. The number of fused-ring (bicyclic) bond motifs is 1. The van der Waals surface area contributed by atoms with E-state index in [1.54, 1.807) is 42.6 Å². The van der Waals surface area contributed by atoms with Gasteiger partial charge in [0.15, 0.2) is 18.1 Å². The lowest BCUT2D eigenvalue weighted by atomic mass is 9.88. The number of carbonyl (C=O) groups excluding carboxylic acids is 1. The van der Waals surface area contributed by atoms with Crippen molar-refractivity contribution < 1.29 is 14.3 Å². The number of benzene rings is 3. The number of ether oxygens (including phenoxy) is 2. The van der Waals surface area contributed by atoms with Crippen LogP contribution in [0, 0.1) is 0 Å². The fraction of sp³-hybridized carbons (Fsp3) is 0.267. The molecule has 1 amide bonds. The summed E-state index contributed by atoms with van der Waals surface area (Å²) in [4.78, 5) is 31.1. The molecule has 1 aromatic heterocycles. The molecule has 1 aliphatic rings. The minimum absolute atomic E-state index is 0.152. The van der Waals surface area contributed by atoms with E-state index in [1.165, 1.54) is 18.2 Å². The minimum atomic E-state index is -0.310. The van der Waals surface area contributed by atoms with Crippen LogP contribution in [0.25, 0.3) is 10.9 Å². The van der Waals surface area contributed by atoms with E-state index in [0.29, 0.717) is 39.5 Å². The fourth-order valence-corrected chi connectivity index (χ4v) is 5.19. The number of nitrogens with zero attached hydrogens (tertiary/aromatic N) is 3. The molecule has 5 rings (SSSR count). The second kappa shape index (κ2) is 12.3. The number of para-hydroxylation sites is 2. The zero-order chi connectivity index (χ0) is 27.2. The van der Waals surface area contributed by atoms with Crippen LogP contribution in [0.3, 0.4) is 0 Å². The normalized spacial score (nSPS) is 14.0. The van der Waals surface area contributed by atoms with E-state index in [0.717, 1.165) is 30.2 Å². The van der Waals surface area contributed by atoms with Gasteiger partial charge in [-0.05, 0) is 55.3 Å². The second-order valence-corrected chi connectivity index (χ2v) is 10.3. The van der Waals surface area contributed by atoms with E-state index in [1.807, 2.05) is 30.3 Å². The standard InChI is InChI=1S/C30H29BrN4O4/c1-38-26-14-8-11-21(28(26)39-19-27(36)33-23-12-6-3-7-13-23)18-32-35-29(20-9-4-2-5-10-20)34-25-16-15-22(31)17-24(25)30(35)37/h3,6-8,11-18,20H,2,4-5,9-10,19H2,1H3,(H,33,36). The summed E-state index contributed by atoms with van der Waals surface area (Å²) < 4.78 is 13.6. The van der Waals surface area contributed by atoms with Crippen molar-refractivity contribution in [2.75, 3.05) is 19.0 Å². The largest absolute Gasteiger partial charge is 0.493 e. The number of nitrogens with one attached hydrogen (secondary N) is 1. The lowest BCUT2D eigenvalue weighted by molar-refractivity contribution is -0.118. The molecule has 0 aliphatic heterocycles. The van der Waals surface area contributed by atoms with Crippen LogP contribution in [0.1, 0.15) is 49.4 Å². The number of hydrogen-bond donors (Lipinski definition) is 1. The Kier molecular flexibility index (Phi) is 8.36. The van der Waals surface area contributed by atoms with Gasteiger partial charge < -0.3 is 14.8 Å². The van der Waals surface area contributed by atoms with Crippen LogP contribution in [-0.4, -0.2) is 35.5 Å². The molecule has 39 heavy (non-hydrogen) atoms. The van der Waals surface area contributed by atoms with E-state index >= 15 is 0 Å². The van der Waals surface area contributed by atoms with Crippen molar-refractivity contribution >= 4 is 44.6 Å². The van der Waals surface area contributed by atoms with E-state index in [9.17, 15) is 9.59 Å². The van der Waals surface area contributed by atoms with Gasteiger partial charge >= 0.3 is 0 Å². The predicted molar refractivity (Wildman–Crippen MR) is 156 cm³/mol. The maximum Gasteiger partial charge on any atom is 0.282 e. The van der Waals surface area contributed by atoms with Crippen molar-refractivity contribution in [3.05, 3.63) is 92.9 Å². The zero-order valence-corrected chi connectivity index (χ0v) is 23.2. The maximum atomic E-state index is 13.6. The van der Waals surface area contributed by atoms with Gasteiger partial charge in [0.05, 0.1) is 24.2 Å². The SMILES string of the molecule is COc1cccc(C=Nn2c(C3CCCCC3)nc3ccc(Br)cc3c2=O)c1OCC(=O)Nc1ccccc1. The number of amides is 1. The predicted octanol–water partition coefficient (Wildman–Crippen LogP) is 6.12. The molecule has 0 bridgehead atoms. The molecule has 8 nitrogen and oxygen atoms in total. The first kappa shape index (κ1) is 26.6. The van der Waals surface area contributed by atoms with Crippen molar-refractivity contribution in [3.8, 4) is 11.5 Å². The van der Waals surface area contributed by atoms with E-state index in [-0.39, 0.29) is 24.0 Å². The first-order valence-corrected chi connectivity index (χ1v) is 13.7. The average molecular weight is 589 g/mol. The summed E-state index contributed by atoms with van der Waals surface area (Å²) in [5, 5.41) is 7.92. The van der Waals surface area contributed by atoms with Crippen LogP contribution in [0.5, 0.6) is 11.5 Å². The van der Waals surface area contributed by atoms with Crippen LogP contribution in [0.2, 0.25) is 0 Å². The van der Waals surface area contributed by atoms with Gasteiger partial charge in [0.25, 0.3) is 11.5 Å². The molecule has 1 fully saturated rings. The molecular weight excluding hydrogens is 560 g/mol. The molecule has 0 atom stereocenters. The number of aromatic nitrogens is 2. The Morgan fingerprint density at radius 3 is 2.67 bits per heavy atom. The lowest BCUT2D eigenvalue weighted by Gasteiger charge is -2.22. The Bertz CT molecular complexity index is 1560. The Hall–Kier alpha value is -3.98. The highest BCUT2D eigenvalue weighted by atomic mass is 79.9. The number of anilines is 1. The first-order chi connectivity index (χ1) is 19.0. The molecule has 0 radical (unpaired) electrons. The number of rotatable bonds is 8. The van der Waals surface area contributed by atoms with Crippen molar-refractivity contribution in [1.82, 2.24) is 9.66 Å². The summed E-state index contributed by atoms with van der Waals surface area (Å²) in [6.07, 6.45) is 6.88. The molecule has 0 spiro atoms. The van der Waals surface area contributed by atoms with Crippen molar-refractivity contribution in [2.45, 2.75) is 38.0 Å². The van der Waals surface area contributed by atoms with E-state index in [2.05, 4.69) is 26.3 Å². The van der Waals surface area contributed by atoms with Crippen LogP contribution >= 0.6 is 15.9 Å². The van der Waals surface area contributed by atoms with Gasteiger partial charge in [0, 0.05) is 21.6 Å². The molecule has 4 aromatic rings. The highest BCUT2D eigenvalue weighted by Crippen LogP contribution is 2.33. The van der Waals surface area contributed by atoms with Gasteiger partial charge in [0.2, 0.25) is 0 Å². The van der Waals surface area contributed by atoms with E-state index in [4.69, 9.17) is 14.5 Å². The first-order valence-electron chi connectivity index (χ1n) is 12.9. The van der Waals surface area contributed by atoms with Gasteiger partial charge in [0.1, 0.15) is 5.82 Å². The summed E-state index contributed by atoms with van der Waals surface area (Å²) in [5.41, 5.74) is 1.67. The minimum Gasteiger partial charge on any atom is -0.493 e. The molecule has 1 saturated carbocycles. The topological polar surface area (TPSA) is 94.8 Å². The number of carbonyl (C=O) groups is 1. The summed E-state index contributed by atoms with van der Waals surface area (Å²) in [6.45, 7) is -0.227. The smallest absolute Gasteiger partial charge is 0.282 e. The molecule has 200 valence electrons. The van der Waals surface area contributed by atoms with Gasteiger partial charge in [-0.2, -0.15) is 9.78 Å². The third kappa shape index (κ3) is 6.20. The van der Waals surface area contributed by atoms with Gasteiger partial charge in [-0.3, -0.25) is 9.59 Å². The summed E-state index contributed by atoms with van der Waals surface area (Å²) >= 11 is 3.46. The molecule has 1 aliphatic carbocycles. The monoisotopic (exact) mass is 588 g/mol. The van der Waals surface area contributed by atoms with Crippen LogP contribution < -0.4 is 20.3 Å². The van der Waals surface area contributed by atoms with Crippen molar-refractivity contribution in [2.24, 2.45) is 5.10 Å². The van der Waals surface area contributed by atoms with Crippen LogP contribution in [0.4, 0.5) is 5.69 Å². The van der Waals surface area contributed by atoms with Crippen LogP contribution in [-0.2, 0) is 4.79 Å². The third-order valence-electron chi connectivity index (χ3n) is 6.75. The summed E-state index contributed by atoms with van der Waals surface area (Å²) in [7, 11) is 1.53. The summed E-state index contributed by atoms with van der Waals surface area (Å²) in [5.74, 6) is 1.32.